The Labute approximate surface area is 188 Å². The molecule has 2 heterocycles. The fourth-order valence-electron chi connectivity index (χ4n) is 4.69. The third kappa shape index (κ3) is 3.64. The number of ether oxygens (including phenoxy) is 1. The molecule has 1 aliphatic heterocycles. The topological polar surface area (TPSA) is 71.7 Å². The monoisotopic (exact) mass is 449 g/mol. The molecular weight excluding hydrogens is 428 g/mol. The van der Waals surface area contributed by atoms with E-state index < -0.39 is 11.8 Å². The van der Waals surface area contributed by atoms with E-state index in [0.29, 0.717) is 37.0 Å². The minimum Gasteiger partial charge on any atom is -0.506 e. The first-order chi connectivity index (χ1) is 16.0. The van der Waals surface area contributed by atoms with Crippen molar-refractivity contribution in [3.8, 4) is 22.6 Å². The molecule has 168 valence electrons. The molecule has 1 aliphatic rings. The first kappa shape index (κ1) is 21.2. The average molecular weight is 449 g/mol. The van der Waals surface area contributed by atoms with Crippen molar-refractivity contribution in [2.24, 2.45) is 0 Å². The number of halogens is 2. The number of nitrogens with zero attached hydrogens (tertiary/aromatic N) is 1. The van der Waals surface area contributed by atoms with Crippen LogP contribution in [0.25, 0.3) is 27.7 Å². The highest BCUT2D eigenvalue weighted by Crippen LogP contribution is 2.46. The molecular formula is C26H21F2NO4. The van der Waals surface area contributed by atoms with Gasteiger partial charge in [0, 0.05) is 35.8 Å². The molecule has 1 fully saturated rings. The van der Waals surface area contributed by atoms with Crippen LogP contribution in [0.3, 0.4) is 0 Å². The van der Waals surface area contributed by atoms with Crippen LogP contribution in [0.15, 0.2) is 60.7 Å². The summed E-state index contributed by atoms with van der Waals surface area (Å²) in [6, 6.07) is 14.9. The Balaban J connectivity index is 1.88. The maximum Gasteiger partial charge on any atom is 0.335 e. The molecule has 4 aromatic rings. The molecule has 33 heavy (non-hydrogen) atoms. The molecule has 0 atom stereocenters. The van der Waals surface area contributed by atoms with Crippen molar-refractivity contribution in [1.82, 2.24) is 4.57 Å². The lowest BCUT2D eigenvalue weighted by molar-refractivity contribution is 0.0696. The van der Waals surface area contributed by atoms with Crippen molar-refractivity contribution in [3.05, 3.63) is 83.6 Å². The van der Waals surface area contributed by atoms with Crippen molar-refractivity contribution in [3.63, 3.8) is 0 Å². The summed E-state index contributed by atoms with van der Waals surface area (Å²) in [5, 5.41) is 20.8. The van der Waals surface area contributed by atoms with Gasteiger partial charge >= 0.3 is 5.97 Å². The zero-order valence-corrected chi connectivity index (χ0v) is 17.6. The molecule has 0 amide bonds. The summed E-state index contributed by atoms with van der Waals surface area (Å²) in [5.74, 6) is -2.35. The number of hydrogen-bond donors (Lipinski definition) is 2. The first-order valence-corrected chi connectivity index (χ1v) is 10.7. The minimum absolute atomic E-state index is 0.0100. The lowest BCUT2D eigenvalue weighted by Gasteiger charge is -2.26. The van der Waals surface area contributed by atoms with Gasteiger partial charge in [0.25, 0.3) is 0 Å². The highest BCUT2D eigenvalue weighted by Gasteiger charge is 2.30. The second kappa shape index (κ2) is 8.33. The van der Waals surface area contributed by atoms with Gasteiger partial charge in [-0.2, -0.15) is 0 Å². The Bertz CT molecular complexity index is 1360. The first-order valence-electron chi connectivity index (χ1n) is 10.7. The molecule has 5 nitrogen and oxygen atoms in total. The number of benzene rings is 3. The molecule has 7 heteroatoms. The third-order valence-corrected chi connectivity index (χ3v) is 6.18. The highest BCUT2D eigenvalue weighted by molar-refractivity contribution is 6.02. The highest BCUT2D eigenvalue weighted by atomic mass is 19.1. The van der Waals surface area contributed by atoms with Crippen LogP contribution in [0.1, 0.15) is 34.8 Å². The van der Waals surface area contributed by atoms with E-state index in [0.717, 1.165) is 22.9 Å². The smallest absolute Gasteiger partial charge is 0.335 e. The Morgan fingerprint density at radius 3 is 2.39 bits per heavy atom. The molecule has 3 aromatic carbocycles. The summed E-state index contributed by atoms with van der Waals surface area (Å²) in [5.41, 5.74) is 2.71. The number of fused-ring (bicyclic) bond motifs is 1. The summed E-state index contributed by atoms with van der Waals surface area (Å²) >= 11 is 0. The van der Waals surface area contributed by atoms with Crippen molar-refractivity contribution < 1.29 is 28.5 Å². The summed E-state index contributed by atoms with van der Waals surface area (Å²) in [7, 11) is 0. The van der Waals surface area contributed by atoms with Gasteiger partial charge in [-0.15, -0.1) is 0 Å². The summed E-state index contributed by atoms with van der Waals surface area (Å²) in [6.45, 7) is 1.09. The standard InChI is InChI=1S/C26H21F2NO4/c27-18-7-4-15(5-8-18)23-19-2-1-3-22(30)25(19)29(24(23)16-10-12-33-13-11-16)21-9-6-17(26(31)32)14-20(21)28/h1-9,14,16,30H,10-13H2,(H,31,32). The number of carbonyl (C=O) groups is 1. The van der Waals surface area contributed by atoms with E-state index >= 15 is 4.39 Å². The average Bonchev–Trinajstić information content (AvgIpc) is 3.16. The van der Waals surface area contributed by atoms with Crippen molar-refractivity contribution in [1.29, 1.82) is 0 Å². The van der Waals surface area contributed by atoms with E-state index in [1.165, 1.54) is 30.3 Å². The maximum absolute atomic E-state index is 15.3. The number of aromatic nitrogens is 1. The number of carboxylic acid groups (broad SMARTS) is 1. The fraction of sp³-hybridized carbons (Fsp3) is 0.192. The van der Waals surface area contributed by atoms with E-state index in [1.807, 2.05) is 6.07 Å². The predicted octanol–water partition coefficient (Wildman–Crippen LogP) is 5.87. The van der Waals surface area contributed by atoms with Crippen LogP contribution in [0, 0.1) is 11.6 Å². The van der Waals surface area contributed by atoms with Gasteiger partial charge in [-0.1, -0.05) is 24.3 Å². The lowest BCUT2D eigenvalue weighted by Crippen LogP contribution is -2.18. The van der Waals surface area contributed by atoms with Gasteiger partial charge in [0.15, 0.2) is 0 Å². The maximum atomic E-state index is 15.3. The van der Waals surface area contributed by atoms with Crippen LogP contribution in [0.2, 0.25) is 0 Å². The zero-order chi connectivity index (χ0) is 23.1. The zero-order valence-electron chi connectivity index (χ0n) is 17.6. The van der Waals surface area contributed by atoms with Gasteiger partial charge in [0.2, 0.25) is 0 Å². The number of hydrogen-bond acceptors (Lipinski definition) is 3. The number of carboxylic acids is 1. The lowest BCUT2D eigenvalue weighted by atomic mass is 9.90. The van der Waals surface area contributed by atoms with Gasteiger partial charge in [0.1, 0.15) is 17.4 Å². The van der Waals surface area contributed by atoms with Crippen LogP contribution in [0.4, 0.5) is 8.78 Å². The van der Waals surface area contributed by atoms with E-state index in [9.17, 15) is 19.4 Å². The minimum atomic E-state index is -1.22. The summed E-state index contributed by atoms with van der Waals surface area (Å²) < 4.78 is 36.3. The normalized spacial score (nSPS) is 14.6. The van der Waals surface area contributed by atoms with Crippen LogP contribution in [0.5, 0.6) is 5.75 Å². The van der Waals surface area contributed by atoms with Gasteiger partial charge < -0.3 is 19.5 Å². The molecule has 0 unspecified atom stereocenters. The van der Waals surface area contributed by atoms with Crippen LogP contribution in [-0.2, 0) is 4.74 Å². The number of aromatic carboxylic acids is 1. The molecule has 0 spiro atoms. The molecule has 0 saturated carbocycles. The third-order valence-electron chi connectivity index (χ3n) is 6.18. The van der Waals surface area contributed by atoms with Crippen molar-refractivity contribution >= 4 is 16.9 Å². The predicted molar refractivity (Wildman–Crippen MR) is 120 cm³/mol. The number of rotatable bonds is 4. The van der Waals surface area contributed by atoms with E-state index in [2.05, 4.69) is 0 Å². The fourth-order valence-corrected chi connectivity index (χ4v) is 4.69. The molecule has 0 bridgehead atoms. The molecule has 0 aliphatic carbocycles. The van der Waals surface area contributed by atoms with Crippen molar-refractivity contribution in [2.75, 3.05) is 13.2 Å². The van der Waals surface area contributed by atoms with E-state index in [1.54, 1.807) is 22.8 Å². The molecule has 1 aromatic heterocycles. The molecule has 0 radical (unpaired) electrons. The molecule has 2 N–H and O–H groups in total. The summed E-state index contributed by atoms with van der Waals surface area (Å²) in [6.07, 6.45) is 1.39. The van der Waals surface area contributed by atoms with Gasteiger partial charge in [-0.25, -0.2) is 13.6 Å². The Morgan fingerprint density at radius 2 is 1.73 bits per heavy atom. The molecule has 1 saturated heterocycles. The Kier molecular flexibility index (Phi) is 5.34. The van der Waals surface area contributed by atoms with Gasteiger partial charge in [-0.05, 0) is 54.8 Å². The Morgan fingerprint density at radius 1 is 1.00 bits per heavy atom. The number of para-hydroxylation sites is 1. The van der Waals surface area contributed by atoms with Crippen LogP contribution in [-0.4, -0.2) is 34.0 Å². The summed E-state index contributed by atoms with van der Waals surface area (Å²) in [4.78, 5) is 11.3. The van der Waals surface area contributed by atoms with E-state index in [4.69, 9.17) is 4.74 Å². The van der Waals surface area contributed by atoms with Crippen LogP contribution >= 0.6 is 0 Å². The second-order valence-electron chi connectivity index (χ2n) is 8.13. The van der Waals surface area contributed by atoms with Gasteiger partial charge in [0.05, 0.1) is 16.8 Å². The SMILES string of the molecule is O=C(O)c1ccc(-n2c(C3CCOCC3)c(-c3ccc(F)cc3)c3cccc(O)c32)c(F)c1. The quantitative estimate of drug-likeness (QED) is 0.409. The number of phenolic OH excluding ortho intramolecular Hbond substituents is 1. The van der Waals surface area contributed by atoms with E-state index in [-0.39, 0.29) is 28.7 Å². The van der Waals surface area contributed by atoms with Gasteiger partial charge in [-0.3, -0.25) is 0 Å². The largest absolute Gasteiger partial charge is 0.506 e. The number of phenols is 1. The molecule has 5 rings (SSSR count). The number of aromatic hydroxyl groups is 1. The van der Waals surface area contributed by atoms with Crippen LogP contribution < -0.4 is 0 Å². The second-order valence-corrected chi connectivity index (χ2v) is 8.13. The van der Waals surface area contributed by atoms with Crippen molar-refractivity contribution in [2.45, 2.75) is 18.8 Å². The Hall–Kier alpha value is -3.71.